The van der Waals surface area contributed by atoms with Crippen LogP contribution in [0.4, 0.5) is 5.82 Å². The van der Waals surface area contributed by atoms with E-state index < -0.39 is 6.10 Å². The molecule has 1 fully saturated rings. The lowest BCUT2D eigenvalue weighted by Gasteiger charge is -2.24. The van der Waals surface area contributed by atoms with Gasteiger partial charge in [-0.25, -0.2) is 4.98 Å². The van der Waals surface area contributed by atoms with Crippen LogP contribution >= 0.6 is 0 Å². The summed E-state index contributed by atoms with van der Waals surface area (Å²) in [5, 5.41) is 23.4. The first kappa shape index (κ1) is 14.5. The summed E-state index contributed by atoms with van der Waals surface area (Å²) in [6.07, 6.45) is 2.31. The van der Waals surface area contributed by atoms with Crippen LogP contribution < -0.4 is 4.90 Å². The lowest BCUT2D eigenvalue weighted by atomic mass is 10.1. The van der Waals surface area contributed by atoms with Gasteiger partial charge in [0.15, 0.2) is 5.82 Å². The molecule has 1 aliphatic rings. The first-order valence-electron chi connectivity index (χ1n) is 7.27. The van der Waals surface area contributed by atoms with E-state index in [2.05, 4.69) is 21.2 Å². The number of aryl methyl sites for hydroxylation is 2. The Kier molecular flexibility index (Phi) is 3.77. The van der Waals surface area contributed by atoms with Crippen molar-refractivity contribution in [3.05, 3.63) is 35.1 Å². The highest BCUT2D eigenvalue weighted by Gasteiger charge is 2.37. The molecule has 2 atom stereocenters. The maximum absolute atomic E-state index is 10.0. The molecule has 7 nitrogen and oxygen atoms in total. The van der Waals surface area contributed by atoms with E-state index >= 15 is 0 Å². The fourth-order valence-corrected chi connectivity index (χ4v) is 2.73. The molecule has 0 aromatic carbocycles. The summed E-state index contributed by atoms with van der Waals surface area (Å²) >= 11 is 0. The maximum Gasteiger partial charge on any atom is 0.249 e. The van der Waals surface area contributed by atoms with Crippen LogP contribution in [-0.2, 0) is 6.42 Å². The molecule has 0 saturated carbocycles. The molecule has 2 aromatic heterocycles. The zero-order chi connectivity index (χ0) is 15.7. The normalized spacial score (nSPS) is 21.1. The molecule has 1 aliphatic heterocycles. The summed E-state index contributed by atoms with van der Waals surface area (Å²) in [5.74, 6) is 1.65. The summed E-state index contributed by atoms with van der Waals surface area (Å²) in [6.45, 7) is 4.21. The molecule has 114 valence electrons. The van der Waals surface area contributed by atoms with Crippen LogP contribution in [0, 0.1) is 18.3 Å². The second kappa shape index (κ2) is 5.73. The molecule has 0 spiro atoms. The Morgan fingerprint density at radius 3 is 3.05 bits per heavy atom. The van der Waals surface area contributed by atoms with Gasteiger partial charge in [0.25, 0.3) is 0 Å². The van der Waals surface area contributed by atoms with Gasteiger partial charge in [0.2, 0.25) is 5.89 Å². The molecule has 1 N–H and O–H groups in total. The van der Waals surface area contributed by atoms with Gasteiger partial charge in [-0.05, 0) is 18.6 Å². The van der Waals surface area contributed by atoms with Crippen molar-refractivity contribution in [2.45, 2.75) is 38.8 Å². The van der Waals surface area contributed by atoms with Crippen molar-refractivity contribution in [1.29, 1.82) is 5.26 Å². The second-order valence-corrected chi connectivity index (χ2v) is 5.40. The third kappa shape index (κ3) is 2.42. The number of nitriles is 1. The summed E-state index contributed by atoms with van der Waals surface area (Å²) in [5.41, 5.74) is 1.37. The molecule has 0 unspecified atom stereocenters. The van der Waals surface area contributed by atoms with Crippen LogP contribution in [0.3, 0.4) is 0 Å². The van der Waals surface area contributed by atoms with Gasteiger partial charge in [-0.2, -0.15) is 10.2 Å². The van der Waals surface area contributed by atoms with E-state index in [4.69, 9.17) is 4.52 Å². The van der Waals surface area contributed by atoms with E-state index in [1.807, 2.05) is 18.7 Å². The van der Waals surface area contributed by atoms with Gasteiger partial charge in [-0.3, -0.25) is 0 Å². The standard InChI is InChI=1S/C15H17N5O2/c1-3-13-18-15(22-19-13)12-6-10(21)8-20(12)14-11(7-16)9(2)4-5-17-14/h4-5,10,12,21H,3,6,8H2,1-2H3/t10-,12+/m0/s1. The third-order valence-electron chi connectivity index (χ3n) is 3.89. The molecule has 0 bridgehead atoms. The Bertz CT molecular complexity index is 721. The summed E-state index contributed by atoms with van der Waals surface area (Å²) < 4.78 is 5.32. The fourth-order valence-electron chi connectivity index (χ4n) is 2.73. The number of pyridine rings is 1. The minimum Gasteiger partial charge on any atom is -0.391 e. The number of β-amino-alcohol motifs (C(OH)–C–C–N with tert-alkyl or cyclic N) is 1. The number of rotatable bonds is 3. The molecule has 3 rings (SSSR count). The molecule has 0 amide bonds. The van der Waals surface area contributed by atoms with Gasteiger partial charge in [0.05, 0.1) is 11.7 Å². The number of aromatic nitrogens is 3. The van der Waals surface area contributed by atoms with Crippen molar-refractivity contribution >= 4 is 5.82 Å². The maximum atomic E-state index is 10.0. The Morgan fingerprint density at radius 1 is 1.55 bits per heavy atom. The molecule has 22 heavy (non-hydrogen) atoms. The molecular weight excluding hydrogens is 282 g/mol. The fraction of sp³-hybridized carbons (Fsp3) is 0.467. The number of nitrogens with zero attached hydrogens (tertiary/aromatic N) is 5. The SMILES string of the molecule is CCc1noc([C@H]2C[C@H](O)CN2c2nccc(C)c2C#N)n1. The smallest absolute Gasteiger partial charge is 0.249 e. The van der Waals surface area contributed by atoms with Crippen molar-refractivity contribution in [3.63, 3.8) is 0 Å². The molecule has 0 aliphatic carbocycles. The van der Waals surface area contributed by atoms with Crippen molar-refractivity contribution in [2.24, 2.45) is 0 Å². The van der Waals surface area contributed by atoms with E-state index in [1.165, 1.54) is 0 Å². The number of aliphatic hydroxyl groups is 1. The average Bonchev–Trinajstić information content (AvgIpc) is 3.13. The molecule has 3 heterocycles. The predicted octanol–water partition coefficient (Wildman–Crippen LogP) is 1.52. The number of hydrogen-bond acceptors (Lipinski definition) is 7. The Hall–Kier alpha value is -2.46. The first-order chi connectivity index (χ1) is 10.6. The lowest BCUT2D eigenvalue weighted by Crippen LogP contribution is -2.26. The van der Waals surface area contributed by atoms with Crippen molar-refractivity contribution in [2.75, 3.05) is 11.4 Å². The predicted molar refractivity (Wildman–Crippen MR) is 78.1 cm³/mol. The number of aliphatic hydroxyl groups excluding tert-OH is 1. The Balaban J connectivity index is 2.01. The monoisotopic (exact) mass is 299 g/mol. The van der Waals surface area contributed by atoms with Crippen LogP contribution in [0.5, 0.6) is 0 Å². The molecule has 2 aromatic rings. The van der Waals surface area contributed by atoms with Crippen molar-refractivity contribution in [1.82, 2.24) is 15.1 Å². The minimum absolute atomic E-state index is 0.260. The molecule has 0 radical (unpaired) electrons. The van der Waals surface area contributed by atoms with Gasteiger partial charge >= 0.3 is 0 Å². The van der Waals surface area contributed by atoms with Crippen LogP contribution in [0.2, 0.25) is 0 Å². The number of hydrogen-bond donors (Lipinski definition) is 1. The largest absolute Gasteiger partial charge is 0.391 e. The van der Waals surface area contributed by atoms with E-state index in [0.29, 0.717) is 42.5 Å². The van der Waals surface area contributed by atoms with Gasteiger partial charge in [-0.15, -0.1) is 0 Å². The zero-order valence-corrected chi connectivity index (χ0v) is 12.5. The molecular formula is C15H17N5O2. The van der Waals surface area contributed by atoms with Crippen LogP contribution in [0.15, 0.2) is 16.8 Å². The molecule has 1 saturated heterocycles. The topological polar surface area (TPSA) is 99.1 Å². The van der Waals surface area contributed by atoms with Crippen LogP contribution in [-0.4, -0.2) is 32.9 Å². The van der Waals surface area contributed by atoms with E-state index in [-0.39, 0.29) is 6.04 Å². The third-order valence-corrected chi connectivity index (χ3v) is 3.89. The highest BCUT2D eigenvalue weighted by molar-refractivity contribution is 5.58. The zero-order valence-electron chi connectivity index (χ0n) is 12.5. The molecule has 7 heteroatoms. The second-order valence-electron chi connectivity index (χ2n) is 5.40. The van der Waals surface area contributed by atoms with Gasteiger partial charge in [0, 0.05) is 25.6 Å². The minimum atomic E-state index is -0.518. The first-order valence-corrected chi connectivity index (χ1v) is 7.27. The highest BCUT2D eigenvalue weighted by Crippen LogP contribution is 2.36. The van der Waals surface area contributed by atoms with Crippen LogP contribution in [0.25, 0.3) is 0 Å². The van der Waals surface area contributed by atoms with E-state index in [1.54, 1.807) is 12.3 Å². The Labute approximate surface area is 128 Å². The Morgan fingerprint density at radius 2 is 2.36 bits per heavy atom. The quantitative estimate of drug-likeness (QED) is 0.917. The van der Waals surface area contributed by atoms with Crippen molar-refractivity contribution < 1.29 is 9.63 Å². The number of anilines is 1. The van der Waals surface area contributed by atoms with Gasteiger partial charge < -0.3 is 14.5 Å². The van der Waals surface area contributed by atoms with Crippen LogP contribution in [0.1, 0.15) is 42.2 Å². The van der Waals surface area contributed by atoms with Gasteiger partial charge in [0.1, 0.15) is 17.9 Å². The lowest BCUT2D eigenvalue weighted by molar-refractivity contribution is 0.191. The van der Waals surface area contributed by atoms with E-state index in [9.17, 15) is 10.4 Å². The summed E-state index contributed by atoms with van der Waals surface area (Å²) in [7, 11) is 0. The van der Waals surface area contributed by atoms with Crippen molar-refractivity contribution in [3.8, 4) is 6.07 Å². The average molecular weight is 299 g/mol. The summed E-state index contributed by atoms with van der Waals surface area (Å²) in [4.78, 5) is 10.6. The summed E-state index contributed by atoms with van der Waals surface area (Å²) in [6, 6.07) is 3.73. The highest BCUT2D eigenvalue weighted by atomic mass is 16.5. The van der Waals surface area contributed by atoms with E-state index in [0.717, 1.165) is 5.56 Å². The van der Waals surface area contributed by atoms with Gasteiger partial charge in [-0.1, -0.05) is 12.1 Å².